The maximum atomic E-state index is 13.0. The fraction of sp³-hybridized carbons (Fsp3) is 0.412. The number of hydrogen-bond acceptors (Lipinski definition) is 2. The van der Waals surface area contributed by atoms with Gasteiger partial charge in [0.25, 0.3) is 5.91 Å². The lowest BCUT2D eigenvalue weighted by molar-refractivity contribution is 0.0926. The molecule has 116 valence electrons. The van der Waals surface area contributed by atoms with Crippen LogP contribution in [-0.2, 0) is 0 Å². The second-order valence-electron chi connectivity index (χ2n) is 5.85. The maximum Gasteiger partial charge on any atom is 0.270 e. The van der Waals surface area contributed by atoms with Crippen LogP contribution in [0.25, 0.3) is 0 Å². The molecule has 2 aromatic rings. The van der Waals surface area contributed by atoms with Gasteiger partial charge >= 0.3 is 0 Å². The zero-order valence-corrected chi connectivity index (χ0v) is 12.6. The van der Waals surface area contributed by atoms with Crippen molar-refractivity contribution < 1.29 is 9.18 Å². The smallest absolute Gasteiger partial charge is 0.270 e. The Morgan fingerprint density at radius 3 is 2.64 bits per heavy atom. The predicted molar refractivity (Wildman–Crippen MR) is 82.0 cm³/mol. The van der Waals surface area contributed by atoms with Gasteiger partial charge < -0.3 is 5.32 Å². The molecule has 0 radical (unpaired) electrons. The lowest BCUT2D eigenvalue weighted by Crippen LogP contribution is -2.29. The fourth-order valence-electron chi connectivity index (χ4n) is 3.04. The molecule has 1 aliphatic rings. The molecule has 1 heterocycles. The van der Waals surface area contributed by atoms with E-state index in [9.17, 15) is 9.18 Å². The van der Waals surface area contributed by atoms with E-state index in [1.807, 2.05) is 11.6 Å². The van der Waals surface area contributed by atoms with Gasteiger partial charge in [-0.15, -0.1) is 0 Å². The summed E-state index contributed by atoms with van der Waals surface area (Å²) in [6.07, 6.45) is 6.22. The minimum absolute atomic E-state index is 0.138. The topological polar surface area (TPSA) is 46.9 Å². The molecule has 1 atom stereocenters. The van der Waals surface area contributed by atoms with Crippen molar-refractivity contribution in [3.05, 3.63) is 53.6 Å². The molecular formula is C17H20FN3O. The zero-order chi connectivity index (χ0) is 15.5. The third-order valence-corrected chi connectivity index (χ3v) is 4.29. The average molecular weight is 301 g/mol. The van der Waals surface area contributed by atoms with Crippen molar-refractivity contribution in [2.75, 3.05) is 0 Å². The van der Waals surface area contributed by atoms with Crippen LogP contribution in [0.4, 0.5) is 4.39 Å². The molecule has 1 aromatic carbocycles. The van der Waals surface area contributed by atoms with E-state index in [1.165, 1.54) is 25.0 Å². The second-order valence-corrected chi connectivity index (χ2v) is 5.85. The lowest BCUT2D eigenvalue weighted by Gasteiger charge is -2.17. The zero-order valence-electron chi connectivity index (χ0n) is 12.6. The molecule has 1 fully saturated rings. The van der Waals surface area contributed by atoms with Gasteiger partial charge in [0.15, 0.2) is 0 Å². The highest BCUT2D eigenvalue weighted by atomic mass is 19.1. The molecule has 4 nitrogen and oxygen atoms in total. The van der Waals surface area contributed by atoms with Crippen molar-refractivity contribution in [1.29, 1.82) is 0 Å². The van der Waals surface area contributed by atoms with Crippen LogP contribution in [0.15, 0.2) is 36.5 Å². The van der Waals surface area contributed by atoms with E-state index in [4.69, 9.17) is 0 Å². The van der Waals surface area contributed by atoms with Crippen LogP contribution in [0, 0.1) is 5.82 Å². The Morgan fingerprint density at radius 2 is 1.95 bits per heavy atom. The van der Waals surface area contributed by atoms with Crippen molar-refractivity contribution >= 4 is 5.91 Å². The molecule has 1 amide bonds. The first kappa shape index (κ1) is 14.8. The molecule has 0 aliphatic heterocycles. The minimum Gasteiger partial charge on any atom is -0.344 e. The normalized spacial score (nSPS) is 16.6. The summed E-state index contributed by atoms with van der Waals surface area (Å²) in [5.74, 6) is -0.414. The van der Waals surface area contributed by atoms with Crippen LogP contribution in [0.1, 0.15) is 60.7 Å². The van der Waals surface area contributed by atoms with E-state index in [0.29, 0.717) is 11.7 Å². The Morgan fingerprint density at radius 1 is 1.27 bits per heavy atom. The van der Waals surface area contributed by atoms with Crippen molar-refractivity contribution in [1.82, 2.24) is 15.1 Å². The number of halogens is 1. The number of carbonyl (C=O) groups excluding carboxylic acids is 1. The van der Waals surface area contributed by atoms with E-state index in [1.54, 1.807) is 24.4 Å². The number of hydrogen-bond donors (Lipinski definition) is 1. The third kappa shape index (κ3) is 3.03. The molecular weight excluding hydrogens is 281 g/mol. The van der Waals surface area contributed by atoms with E-state index >= 15 is 0 Å². The number of rotatable bonds is 4. The first-order valence-corrected chi connectivity index (χ1v) is 7.75. The van der Waals surface area contributed by atoms with Crippen molar-refractivity contribution in [2.45, 2.75) is 44.7 Å². The molecule has 3 rings (SSSR count). The Labute approximate surface area is 129 Å². The number of amides is 1. The highest BCUT2D eigenvalue weighted by Crippen LogP contribution is 2.29. The minimum atomic E-state index is -0.276. The number of benzene rings is 1. The quantitative estimate of drug-likeness (QED) is 0.937. The Balaban J connectivity index is 1.72. The van der Waals surface area contributed by atoms with Gasteiger partial charge in [-0.25, -0.2) is 4.39 Å². The summed E-state index contributed by atoms with van der Waals surface area (Å²) in [5, 5.41) is 7.28. The van der Waals surface area contributed by atoms with Gasteiger partial charge in [0.2, 0.25) is 0 Å². The van der Waals surface area contributed by atoms with Gasteiger partial charge in [-0.1, -0.05) is 25.0 Å². The first-order chi connectivity index (χ1) is 10.6. The van der Waals surface area contributed by atoms with Crippen LogP contribution >= 0.6 is 0 Å². The second kappa shape index (κ2) is 6.30. The van der Waals surface area contributed by atoms with E-state index < -0.39 is 0 Å². The van der Waals surface area contributed by atoms with Crippen LogP contribution in [0.3, 0.4) is 0 Å². The van der Waals surface area contributed by atoms with Gasteiger partial charge in [-0.05, 0) is 43.5 Å². The van der Waals surface area contributed by atoms with Crippen molar-refractivity contribution in [2.24, 2.45) is 0 Å². The van der Waals surface area contributed by atoms with Gasteiger partial charge in [0.1, 0.15) is 11.5 Å². The molecule has 1 aliphatic carbocycles. The number of nitrogens with zero attached hydrogens (tertiary/aromatic N) is 2. The van der Waals surface area contributed by atoms with Crippen LogP contribution in [-0.4, -0.2) is 15.7 Å². The highest BCUT2D eigenvalue weighted by Gasteiger charge is 2.23. The summed E-state index contributed by atoms with van der Waals surface area (Å²) in [7, 11) is 0. The Hall–Kier alpha value is -2.17. The van der Waals surface area contributed by atoms with Gasteiger partial charge in [-0.3, -0.25) is 9.48 Å². The van der Waals surface area contributed by atoms with Gasteiger partial charge in [0.05, 0.1) is 12.1 Å². The summed E-state index contributed by atoms with van der Waals surface area (Å²) in [4.78, 5) is 12.5. The van der Waals surface area contributed by atoms with E-state index in [-0.39, 0.29) is 17.8 Å². The number of aromatic nitrogens is 2. The standard InChI is InChI=1S/C17H20FN3O/c1-12(13-6-8-14(18)9-7-13)20-17(22)16-10-11-19-21(16)15-4-2-3-5-15/h6-12,15H,2-5H2,1H3,(H,20,22)/t12-/m1/s1. The Bertz CT molecular complexity index is 644. The summed E-state index contributed by atoms with van der Waals surface area (Å²) < 4.78 is 14.8. The Kier molecular flexibility index (Phi) is 4.22. The van der Waals surface area contributed by atoms with Crippen LogP contribution in [0.5, 0.6) is 0 Å². The summed E-state index contributed by atoms with van der Waals surface area (Å²) in [6, 6.07) is 8.09. The molecule has 0 spiro atoms. The number of nitrogens with one attached hydrogen (secondary N) is 1. The highest BCUT2D eigenvalue weighted by molar-refractivity contribution is 5.92. The largest absolute Gasteiger partial charge is 0.344 e. The lowest BCUT2D eigenvalue weighted by atomic mass is 10.1. The summed E-state index contributed by atoms with van der Waals surface area (Å²) in [5.41, 5.74) is 1.47. The SMILES string of the molecule is C[C@@H](NC(=O)c1ccnn1C1CCCC1)c1ccc(F)cc1. The van der Waals surface area contributed by atoms with E-state index in [0.717, 1.165) is 18.4 Å². The van der Waals surface area contributed by atoms with Gasteiger partial charge in [-0.2, -0.15) is 5.10 Å². The molecule has 0 unspecified atom stereocenters. The first-order valence-electron chi connectivity index (χ1n) is 7.75. The molecule has 5 heteroatoms. The van der Waals surface area contributed by atoms with Crippen molar-refractivity contribution in [3.63, 3.8) is 0 Å². The molecule has 1 aromatic heterocycles. The van der Waals surface area contributed by atoms with Crippen LogP contribution in [0.2, 0.25) is 0 Å². The van der Waals surface area contributed by atoms with Crippen LogP contribution < -0.4 is 5.32 Å². The molecule has 1 N–H and O–H groups in total. The van der Waals surface area contributed by atoms with E-state index in [2.05, 4.69) is 10.4 Å². The molecule has 0 saturated heterocycles. The summed E-state index contributed by atoms with van der Waals surface area (Å²) >= 11 is 0. The average Bonchev–Trinajstić information content (AvgIpc) is 3.18. The molecule has 0 bridgehead atoms. The third-order valence-electron chi connectivity index (χ3n) is 4.29. The van der Waals surface area contributed by atoms with Crippen molar-refractivity contribution in [3.8, 4) is 0 Å². The fourth-order valence-corrected chi connectivity index (χ4v) is 3.04. The molecule has 22 heavy (non-hydrogen) atoms. The maximum absolute atomic E-state index is 13.0. The number of carbonyl (C=O) groups is 1. The monoisotopic (exact) mass is 301 g/mol. The summed E-state index contributed by atoms with van der Waals surface area (Å²) in [6.45, 7) is 1.89. The molecule has 1 saturated carbocycles. The van der Waals surface area contributed by atoms with Gasteiger partial charge in [0, 0.05) is 6.20 Å². The predicted octanol–water partition coefficient (Wildman–Crippen LogP) is 3.63.